The normalized spacial score (nSPS) is 18.9. The number of anilines is 3. The molecule has 164 valence electrons. The second kappa shape index (κ2) is 8.41. The fourth-order valence-electron chi connectivity index (χ4n) is 4.09. The Morgan fingerprint density at radius 2 is 2.00 bits per heavy atom. The van der Waals surface area contributed by atoms with Gasteiger partial charge in [0.15, 0.2) is 0 Å². The van der Waals surface area contributed by atoms with Gasteiger partial charge in [-0.15, -0.1) is 0 Å². The zero-order chi connectivity index (χ0) is 22.1. The number of benzene rings is 1. The summed E-state index contributed by atoms with van der Waals surface area (Å²) in [7, 11) is 1.52. The molecule has 4 rings (SSSR count). The predicted molar refractivity (Wildman–Crippen MR) is 118 cm³/mol. The van der Waals surface area contributed by atoms with Crippen LogP contribution in [0.5, 0.6) is 5.75 Å². The van der Waals surface area contributed by atoms with E-state index in [-0.39, 0.29) is 23.7 Å². The lowest BCUT2D eigenvalue weighted by atomic mass is 9.92. The zero-order valence-electron chi connectivity index (χ0n) is 17.9. The van der Waals surface area contributed by atoms with Crippen molar-refractivity contribution in [1.29, 1.82) is 0 Å². The van der Waals surface area contributed by atoms with Crippen LogP contribution in [0.15, 0.2) is 23.0 Å². The van der Waals surface area contributed by atoms with E-state index in [1.165, 1.54) is 7.11 Å². The molecule has 1 aromatic heterocycles. The molecule has 2 aliphatic heterocycles. The average molecular weight is 425 g/mol. The van der Waals surface area contributed by atoms with Crippen LogP contribution >= 0.6 is 0 Å². The first-order valence-corrected chi connectivity index (χ1v) is 10.5. The molecule has 31 heavy (non-hydrogen) atoms. The van der Waals surface area contributed by atoms with Gasteiger partial charge in [-0.1, -0.05) is 13.0 Å². The Labute approximate surface area is 180 Å². The van der Waals surface area contributed by atoms with Gasteiger partial charge in [-0.25, -0.2) is 0 Å². The number of nitrogens with one attached hydrogen (secondary N) is 3. The van der Waals surface area contributed by atoms with E-state index < -0.39 is 17.4 Å². The molecule has 2 aromatic rings. The highest BCUT2D eigenvalue weighted by Gasteiger charge is 2.35. The topological polar surface area (TPSA) is 116 Å². The number of carbonyl (C=O) groups excluding carboxylic acids is 2. The molecule has 0 spiro atoms. The number of nitrogens with zero attached hydrogens (tertiary/aromatic N) is 2. The van der Waals surface area contributed by atoms with Gasteiger partial charge < -0.3 is 20.3 Å². The zero-order valence-corrected chi connectivity index (χ0v) is 17.9. The monoisotopic (exact) mass is 425 g/mol. The van der Waals surface area contributed by atoms with E-state index in [1.54, 1.807) is 12.1 Å². The maximum atomic E-state index is 13.1. The molecule has 2 aliphatic rings. The third kappa shape index (κ3) is 4.26. The Bertz CT molecular complexity index is 1070. The molecular weight excluding hydrogens is 398 g/mol. The summed E-state index contributed by atoms with van der Waals surface area (Å²) in [5, 5.41) is 5.48. The molecule has 0 saturated carbocycles. The molecule has 0 unspecified atom stereocenters. The van der Waals surface area contributed by atoms with E-state index in [2.05, 4.69) is 27.5 Å². The van der Waals surface area contributed by atoms with E-state index in [4.69, 9.17) is 4.74 Å². The minimum atomic E-state index is -0.944. The molecule has 3 N–H and O–H groups in total. The summed E-state index contributed by atoms with van der Waals surface area (Å²) in [4.78, 5) is 47.7. The van der Waals surface area contributed by atoms with Crippen molar-refractivity contribution < 1.29 is 14.3 Å². The number of carbonyl (C=O) groups is 2. The maximum absolute atomic E-state index is 13.1. The van der Waals surface area contributed by atoms with Gasteiger partial charge in [0.1, 0.15) is 11.6 Å². The summed E-state index contributed by atoms with van der Waals surface area (Å²) < 4.78 is 5.31. The molecule has 9 heteroatoms. The van der Waals surface area contributed by atoms with Crippen LogP contribution in [0.25, 0.3) is 0 Å². The number of ether oxygens (including phenoxy) is 1. The fraction of sp³-hybridized carbons (Fsp3) is 0.455. The lowest BCUT2D eigenvalue weighted by Crippen LogP contribution is -2.39. The minimum absolute atomic E-state index is 0.127. The number of aryl methyl sites for hydroxylation is 1. The SMILES string of the molecule is COc1ccc(C)cc1NC(=O)[C@@H]1CC(=O)Nc2nc(N3CCC(C)CC3)[nH]c(=O)c21. The second-order valence-corrected chi connectivity index (χ2v) is 8.32. The van der Waals surface area contributed by atoms with Gasteiger partial charge in [0.05, 0.1) is 24.3 Å². The van der Waals surface area contributed by atoms with E-state index >= 15 is 0 Å². The Balaban J connectivity index is 1.64. The van der Waals surface area contributed by atoms with E-state index in [0.717, 1.165) is 31.5 Å². The predicted octanol–water partition coefficient (Wildman–Crippen LogP) is 2.39. The second-order valence-electron chi connectivity index (χ2n) is 8.32. The van der Waals surface area contributed by atoms with Gasteiger partial charge in [0.25, 0.3) is 5.56 Å². The molecule has 1 fully saturated rings. The Hall–Kier alpha value is -3.36. The molecular formula is C22H27N5O4. The van der Waals surface area contributed by atoms with Gasteiger partial charge in [-0.05, 0) is 43.4 Å². The van der Waals surface area contributed by atoms with E-state index in [9.17, 15) is 14.4 Å². The van der Waals surface area contributed by atoms with Crippen molar-refractivity contribution in [3.63, 3.8) is 0 Å². The van der Waals surface area contributed by atoms with Crippen LogP contribution in [0, 0.1) is 12.8 Å². The van der Waals surface area contributed by atoms with Crippen LogP contribution < -0.4 is 25.8 Å². The Morgan fingerprint density at radius 1 is 1.26 bits per heavy atom. The van der Waals surface area contributed by atoms with Gasteiger partial charge in [0, 0.05) is 19.5 Å². The summed E-state index contributed by atoms with van der Waals surface area (Å²) in [6.07, 6.45) is 1.89. The summed E-state index contributed by atoms with van der Waals surface area (Å²) in [6, 6.07) is 5.41. The summed E-state index contributed by atoms with van der Waals surface area (Å²) in [5.74, 6) is -0.0249. The number of fused-ring (bicyclic) bond motifs is 1. The van der Waals surface area contributed by atoms with Crippen molar-refractivity contribution in [1.82, 2.24) is 9.97 Å². The number of hydrogen-bond donors (Lipinski definition) is 3. The van der Waals surface area contributed by atoms with Gasteiger partial charge >= 0.3 is 0 Å². The minimum Gasteiger partial charge on any atom is -0.495 e. The van der Waals surface area contributed by atoms with Crippen molar-refractivity contribution in [3.05, 3.63) is 39.7 Å². The van der Waals surface area contributed by atoms with Gasteiger partial charge in [0.2, 0.25) is 17.8 Å². The largest absolute Gasteiger partial charge is 0.495 e. The molecule has 2 amide bonds. The van der Waals surface area contributed by atoms with Crippen molar-refractivity contribution in [2.75, 3.05) is 35.7 Å². The first-order valence-electron chi connectivity index (χ1n) is 10.5. The third-order valence-electron chi connectivity index (χ3n) is 5.95. The number of aromatic nitrogens is 2. The average Bonchev–Trinajstić information content (AvgIpc) is 2.73. The van der Waals surface area contributed by atoms with E-state index in [1.807, 2.05) is 17.9 Å². The highest BCUT2D eigenvalue weighted by molar-refractivity contribution is 6.05. The maximum Gasteiger partial charge on any atom is 0.258 e. The molecule has 1 atom stereocenters. The highest BCUT2D eigenvalue weighted by atomic mass is 16.5. The molecule has 1 saturated heterocycles. The van der Waals surface area contributed by atoms with Crippen LogP contribution in [-0.2, 0) is 9.59 Å². The number of aromatic amines is 1. The Morgan fingerprint density at radius 3 is 2.71 bits per heavy atom. The van der Waals surface area contributed by atoms with Crippen molar-refractivity contribution >= 4 is 29.3 Å². The lowest BCUT2D eigenvalue weighted by Gasteiger charge is -2.31. The van der Waals surface area contributed by atoms with Gasteiger partial charge in [-0.2, -0.15) is 4.98 Å². The number of methoxy groups -OCH3 is 1. The first kappa shape index (κ1) is 20.9. The third-order valence-corrected chi connectivity index (χ3v) is 5.95. The number of hydrogen-bond acceptors (Lipinski definition) is 6. The van der Waals surface area contributed by atoms with Crippen LogP contribution in [0.4, 0.5) is 17.5 Å². The number of piperidine rings is 1. The van der Waals surface area contributed by atoms with E-state index in [0.29, 0.717) is 23.3 Å². The molecule has 0 bridgehead atoms. The standard InChI is InChI=1S/C22H27N5O4/c1-12-6-8-27(9-7-12)22-25-19-18(21(30)26-22)14(11-17(28)24-19)20(29)23-15-10-13(2)4-5-16(15)31-3/h4-5,10,12,14H,6-9,11H2,1-3H3,(H,23,29)(H2,24,25,26,28,30)/t14-/m1/s1. The van der Waals surface area contributed by atoms with Crippen LogP contribution in [0.2, 0.25) is 0 Å². The van der Waals surface area contributed by atoms with Crippen LogP contribution in [-0.4, -0.2) is 42.0 Å². The Kier molecular flexibility index (Phi) is 5.67. The number of amides is 2. The van der Waals surface area contributed by atoms with Crippen LogP contribution in [0.3, 0.4) is 0 Å². The smallest absolute Gasteiger partial charge is 0.258 e. The van der Waals surface area contributed by atoms with Crippen molar-refractivity contribution in [2.45, 2.75) is 39.0 Å². The quantitative estimate of drug-likeness (QED) is 0.693. The summed E-state index contributed by atoms with van der Waals surface area (Å²) in [6.45, 7) is 5.67. The van der Waals surface area contributed by atoms with Crippen LogP contribution in [0.1, 0.15) is 43.2 Å². The molecule has 1 aromatic carbocycles. The lowest BCUT2D eigenvalue weighted by molar-refractivity contribution is -0.123. The van der Waals surface area contributed by atoms with Crippen molar-refractivity contribution in [3.8, 4) is 5.75 Å². The fourth-order valence-corrected chi connectivity index (χ4v) is 4.09. The molecule has 0 radical (unpaired) electrons. The molecule has 9 nitrogen and oxygen atoms in total. The number of rotatable bonds is 4. The first-order chi connectivity index (χ1) is 14.9. The highest BCUT2D eigenvalue weighted by Crippen LogP contribution is 2.32. The molecule has 3 heterocycles. The van der Waals surface area contributed by atoms with Gasteiger partial charge in [-0.3, -0.25) is 19.4 Å². The van der Waals surface area contributed by atoms with Crippen molar-refractivity contribution in [2.24, 2.45) is 5.92 Å². The summed E-state index contributed by atoms with van der Waals surface area (Å²) >= 11 is 0. The number of H-pyrrole nitrogens is 1. The molecule has 0 aliphatic carbocycles. The summed E-state index contributed by atoms with van der Waals surface area (Å²) in [5.41, 5.74) is 1.20.